The van der Waals surface area contributed by atoms with Gasteiger partial charge in [0.15, 0.2) is 0 Å². The molecule has 2 aromatic heterocycles. The smallest absolute Gasteiger partial charge is 0.248 e. The Balaban J connectivity index is 2.27. The van der Waals surface area contributed by atoms with E-state index in [2.05, 4.69) is 15.2 Å². The van der Waals surface area contributed by atoms with Crippen molar-refractivity contribution in [2.45, 2.75) is 18.4 Å². The van der Waals surface area contributed by atoms with E-state index in [-0.39, 0.29) is 17.3 Å². The Morgan fingerprint density at radius 1 is 1.56 bits per heavy atom. The molecule has 7 nitrogen and oxygen atoms in total. The van der Waals surface area contributed by atoms with Crippen LogP contribution in [0.3, 0.4) is 0 Å². The first-order valence-electron chi connectivity index (χ1n) is 5.07. The molecule has 0 aliphatic rings. The number of hydrogen-bond donors (Lipinski definition) is 2. The van der Waals surface area contributed by atoms with Crippen LogP contribution in [0.1, 0.15) is 10.6 Å². The summed E-state index contributed by atoms with van der Waals surface area (Å²) in [5.74, 6) is 0.0443. The van der Waals surface area contributed by atoms with E-state index in [0.717, 1.165) is 10.6 Å². The molecule has 0 aliphatic carbocycles. The Hall–Kier alpha value is -1.45. The van der Waals surface area contributed by atoms with Gasteiger partial charge in [0.05, 0.1) is 17.4 Å². The number of aryl methyl sites for hydroxylation is 1. The van der Waals surface area contributed by atoms with Gasteiger partial charge in [0.25, 0.3) is 0 Å². The number of nitrogens with one attached hydrogen (secondary N) is 1. The van der Waals surface area contributed by atoms with Crippen LogP contribution in [-0.2, 0) is 16.6 Å². The SMILES string of the molecule is Cc1ncsc1CN(C)S(=O)(=O)c1cn[nH]c1N. The van der Waals surface area contributed by atoms with E-state index in [4.69, 9.17) is 5.73 Å². The van der Waals surface area contributed by atoms with E-state index >= 15 is 0 Å². The summed E-state index contributed by atoms with van der Waals surface area (Å²) in [5, 5.41) is 6.03. The Labute approximate surface area is 109 Å². The predicted octanol–water partition coefficient (Wildman–Crippen LogP) is 0.578. The van der Waals surface area contributed by atoms with Crippen LogP contribution >= 0.6 is 11.3 Å². The molecule has 0 unspecified atom stereocenters. The minimum Gasteiger partial charge on any atom is -0.383 e. The van der Waals surface area contributed by atoms with E-state index in [9.17, 15) is 8.42 Å². The first-order valence-corrected chi connectivity index (χ1v) is 7.39. The molecule has 0 aliphatic heterocycles. The highest BCUT2D eigenvalue weighted by atomic mass is 32.2. The molecule has 0 bridgehead atoms. The predicted molar refractivity (Wildman–Crippen MR) is 68.5 cm³/mol. The zero-order valence-corrected chi connectivity index (χ0v) is 11.5. The summed E-state index contributed by atoms with van der Waals surface area (Å²) in [6, 6.07) is 0. The fraction of sp³-hybridized carbons (Fsp3) is 0.333. The third-order valence-electron chi connectivity index (χ3n) is 2.53. The second-order valence-corrected chi connectivity index (χ2v) is 6.72. The monoisotopic (exact) mass is 287 g/mol. The molecular formula is C9H13N5O2S2. The van der Waals surface area contributed by atoms with E-state index < -0.39 is 10.0 Å². The third kappa shape index (κ3) is 2.24. The highest BCUT2D eigenvalue weighted by Gasteiger charge is 2.25. The van der Waals surface area contributed by atoms with Crippen LogP contribution in [0.2, 0.25) is 0 Å². The molecule has 0 atom stereocenters. The average Bonchev–Trinajstić information content (AvgIpc) is 2.88. The van der Waals surface area contributed by atoms with Crippen molar-refractivity contribution < 1.29 is 8.42 Å². The largest absolute Gasteiger partial charge is 0.383 e. The lowest BCUT2D eigenvalue weighted by Crippen LogP contribution is -2.26. The van der Waals surface area contributed by atoms with Gasteiger partial charge in [-0.25, -0.2) is 13.4 Å². The van der Waals surface area contributed by atoms with Gasteiger partial charge in [-0.3, -0.25) is 5.10 Å². The second-order valence-electron chi connectivity index (χ2n) is 3.77. The summed E-state index contributed by atoms with van der Waals surface area (Å²) in [6.45, 7) is 2.11. The molecule has 0 saturated carbocycles. The zero-order chi connectivity index (χ0) is 13.3. The van der Waals surface area contributed by atoms with Crippen LogP contribution in [0.5, 0.6) is 0 Å². The lowest BCUT2D eigenvalue weighted by atomic mass is 10.4. The number of hydrogen-bond acceptors (Lipinski definition) is 6. The number of aromatic amines is 1. The van der Waals surface area contributed by atoms with Gasteiger partial charge in [0, 0.05) is 18.5 Å². The van der Waals surface area contributed by atoms with E-state index in [1.165, 1.54) is 28.9 Å². The first kappa shape index (κ1) is 13.0. The number of nitrogen functional groups attached to an aromatic ring is 1. The van der Waals surface area contributed by atoms with Crippen molar-refractivity contribution in [3.8, 4) is 0 Å². The average molecular weight is 287 g/mol. The van der Waals surface area contributed by atoms with Gasteiger partial charge in [-0.05, 0) is 6.92 Å². The van der Waals surface area contributed by atoms with Crippen LogP contribution in [-0.4, -0.2) is 35.0 Å². The molecule has 0 aromatic carbocycles. The van der Waals surface area contributed by atoms with Crippen molar-refractivity contribution in [2.75, 3.05) is 12.8 Å². The summed E-state index contributed by atoms with van der Waals surface area (Å²) in [7, 11) is -2.12. The summed E-state index contributed by atoms with van der Waals surface area (Å²) in [5.41, 5.74) is 8.06. The van der Waals surface area contributed by atoms with Gasteiger partial charge >= 0.3 is 0 Å². The van der Waals surface area contributed by atoms with Crippen molar-refractivity contribution in [3.05, 3.63) is 22.3 Å². The maximum atomic E-state index is 12.2. The van der Waals surface area contributed by atoms with Gasteiger partial charge in [-0.2, -0.15) is 9.40 Å². The molecule has 0 saturated heterocycles. The van der Waals surface area contributed by atoms with Gasteiger partial charge in [-0.15, -0.1) is 11.3 Å². The van der Waals surface area contributed by atoms with Gasteiger partial charge < -0.3 is 5.73 Å². The van der Waals surface area contributed by atoms with Crippen molar-refractivity contribution >= 4 is 27.2 Å². The number of H-pyrrole nitrogens is 1. The number of sulfonamides is 1. The standard InChI is InChI=1S/C9H13N5O2S2/c1-6-7(17-5-11-6)4-14(2)18(15,16)8-3-12-13-9(8)10/h3,5H,4H2,1-2H3,(H3,10,12,13). The number of anilines is 1. The third-order valence-corrected chi connectivity index (χ3v) is 5.28. The summed E-state index contributed by atoms with van der Waals surface area (Å²) < 4.78 is 25.7. The van der Waals surface area contributed by atoms with Crippen molar-refractivity contribution in [2.24, 2.45) is 0 Å². The lowest BCUT2D eigenvalue weighted by Gasteiger charge is -2.15. The summed E-state index contributed by atoms with van der Waals surface area (Å²) in [4.78, 5) is 4.98. The summed E-state index contributed by atoms with van der Waals surface area (Å²) in [6.07, 6.45) is 1.21. The van der Waals surface area contributed by atoms with Crippen LogP contribution in [0.25, 0.3) is 0 Å². The first-order chi connectivity index (χ1) is 8.43. The van der Waals surface area contributed by atoms with Gasteiger partial charge in [-0.1, -0.05) is 0 Å². The molecule has 0 spiro atoms. The van der Waals surface area contributed by atoms with Gasteiger partial charge in [0.2, 0.25) is 10.0 Å². The quantitative estimate of drug-likeness (QED) is 0.855. The van der Waals surface area contributed by atoms with E-state index in [1.807, 2.05) is 6.92 Å². The molecule has 0 amide bonds. The number of nitrogens with zero attached hydrogens (tertiary/aromatic N) is 3. The number of nitrogens with two attached hydrogens (primary N) is 1. The van der Waals surface area contributed by atoms with Crippen molar-refractivity contribution in [1.82, 2.24) is 19.5 Å². The Morgan fingerprint density at radius 2 is 2.28 bits per heavy atom. The number of thiazole rings is 1. The summed E-state index contributed by atoms with van der Waals surface area (Å²) >= 11 is 1.42. The Morgan fingerprint density at radius 3 is 2.78 bits per heavy atom. The van der Waals surface area contributed by atoms with E-state index in [0.29, 0.717) is 0 Å². The second kappa shape index (κ2) is 4.67. The molecule has 0 fully saturated rings. The molecule has 0 radical (unpaired) electrons. The fourth-order valence-corrected chi connectivity index (χ4v) is 3.48. The molecule has 3 N–H and O–H groups in total. The minimum atomic E-state index is -3.63. The molecule has 2 rings (SSSR count). The molecule has 2 heterocycles. The maximum absolute atomic E-state index is 12.2. The molecular weight excluding hydrogens is 274 g/mol. The molecule has 18 heavy (non-hydrogen) atoms. The number of rotatable bonds is 4. The lowest BCUT2D eigenvalue weighted by molar-refractivity contribution is 0.469. The topological polar surface area (TPSA) is 105 Å². The highest BCUT2D eigenvalue weighted by molar-refractivity contribution is 7.89. The highest BCUT2D eigenvalue weighted by Crippen LogP contribution is 2.22. The minimum absolute atomic E-state index is 0.00725. The Kier molecular flexibility index (Phi) is 3.37. The molecule has 2 aromatic rings. The normalized spacial score (nSPS) is 12.2. The number of aromatic nitrogens is 3. The van der Waals surface area contributed by atoms with Crippen LogP contribution < -0.4 is 5.73 Å². The Bertz CT molecular complexity index is 645. The molecule has 98 valence electrons. The van der Waals surface area contributed by atoms with Crippen molar-refractivity contribution in [1.29, 1.82) is 0 Å². The van der Waals surface area contributed by atoms with E-state index in [1.54, 1.807) is 5.51 Å². The van der Waals surface area contributed by atoms with Gasteiger partial charge in [0.1, 0.15) is 10.7 Å². The maximum Gasteiger partial charge on any atom is 0.248 e. The fourth-order valence-electron chi connectivity index (χ4n) is 1.42. The zero-order valence-electron chi connectivity index (χ0n) is 9.91. The van der Waals surface area contributed by atoms with Crippen LogP contribution in [0.4, 0.5) is 5.82 Å². The molecule has 9 heteroatoms. The van der Waals surface area contributed by atoms with Crippen molar-refractivity contribution in [3.63, 3.8) is 0 Å². The van der Waals surface area contributed by atoms with Crippen LogP contribution in [0, 0.1) is 6.92 Å². The van der Waals surface area contributed by atoms with Crippen LogP contribution in [0.15, 0.2) is 16.6 Å².